The highest BCUT2D eigenvalue weighted by Crippen LogP contribution is 2.13. The zero-order valence-electron chi connectivity index (χ0n) is 6.90. The molecule has 1 N–H and O–H groups in total. The Morgan fingerprint density at radius 2 is 2.33 bits per heavy atom. The molecule has 0 aliphatic carbocycles. The van der Waals surface area contributed by atoms with E-state index < -0.39 is 12.5 Å². The highest BCUT2D eigenvalue weighted by Gasteiger charge is 2.21. The van der Waals surface area contributed by atoms with E-state index in [1.165, 1.54) is 6.26 Å². The lowest BCUT2D eigenvalue weighted by Crippen LogP contribution is -2.22. The highest BCUT2D eigenvalue weighted by molar-refractivity contribution is 5.20. The SMILES string of the molecule is Cc1coc(NCC(C)(F)F)n1. The van der Waals surface area contributed by atoms with Gasteiger partial charge >= 0.3 is 0 Å². The minimum Gasteiger partial charge on any atom is -0.432 e. The molecule has 0 aliphatic rings. The molecule has 1 rings (SSSR count). The van der Waals surface area contributed by atoms with Crippen molar-refractivity contribution in [1.29, 1.82) is 0 Å². The van der Waals surface area contributed by atoms with Gasteiger partial charge in [-0.05, 0) is 6.92 Å². The second-order valence-corrected chi connectivity index (χ2v) is 2.72. The number of aryl methyl sites for hydroxylation is 1. The lowest BCUT2D eigenvalue weighted by atomic mass is 10.4. The Labute approximate surface area is 68.8 Å². The lowest BCUT2D eigenvalue weighted by molar-refractivity contribution is 0.0362. The first-order valence-corrected chi connectivity index (χ1v) is 3.51. The van der Waals surface area contributed by atoms with Gasteiger partial charge in [-0.15, -0.1) is 0 Å². The van der Waals surface area contributed by atoms with E-state index in [-0.39, 0.29) is 6.01 Å². The summed E-state index contributed by atoms with van der Waals surface area (Å²) in [7, 11) is 0. The predicted molar refractivity (Wildman–Crippen MR) is 40.4 cm³/mol. The summed E-state index contributed by atoms with van der Waals surface area (Å²) < 4.78 is 29.4. The largest absolute Gasteiger partial charge is 0.432 e. The maximum atomic E-state index is 12.3. The molecular formula is C7H10F2N2O. The summed E-state index contributed by atoms with van der Waals surface area (Å²) in [6, 6.07) is 0.133. The molecule has 0 spiro atoms. The number of alkyl halides is 2. The number of hydrogen-bond acceptors (Lipinski definition) is 3. The van der Waals surface area contributed by atoms with E-state index in [1.54, 1.807) is 6.92 Å². The Hall–Kier alpha value is -1.13. The zero-order chi connectivity index (χ0) is 9.19. The molecule has 1 heterocycles. The molecule has 0 unspecified atom stereocenters. The Morgan fingerprint density at radius 3 is 2.75 bits per heavy atom. The molecule has 1 aromatic heterocycles. The molecule has 0 atom stereocenters. The van der Waals surface area contributed by atoms with Crippen molar-refractivity contribution in [1.82, 2.24) is 4.98 Å². The third-order valence-corrected chi connectivity index (χ3v) is 1.17. The van der Waals surface area contributed by atoms with Crippen LogP contribution in [0.3, 0.4) is 0 Å². The minimum atomic E-state index is -2.75. The monoisotopic (exact) mass is 176 g/mol. The van der Waals surface area contributed by atoms with E-state index >= 15 is 0 Å². The standard InChI is InChI=1S/C7H10F2N2O/c1-5-3-12-6(11-5)10-4-7(2,8)9/h3H,4H2,1-2H3,(H,10,11). The van der Waals surface area contributed by atoms with Crippen molar-refractivity contribution in [3.63, 3.8) is 0 Å². The van der Waals surface area contributed by atoms with Gasteiger partial charge in [-0.3, -0.25) is 0 Å². The van der Waals surface area contributed by atoms with Crippen molar-refractivity contribution in [3.05, 3.63) is 12.0 Å². The van der Waals surface area contributed by atoms with Crippen LogP contribution in [0.4, 0.5) is 14.8 Å². The van der Waals surface area contributed by atoms with Gasteiger partial charge in [0.05, 0.1) is 12.2 Å². The smallest absolute Gasteiger partial charge is 0.294 e. The molecule has 12 heavy (non-hydrogen) atoms. The fraction of sp³-hybridized carbons (Fsp3) is 0.571. The van der Waals surface area contributed by atoms with Crippen LogP contribution in [0.25, 0.3) is 0 Å². The first kappa shape index (κ1) is 8.96. The van der Waals surface area contributed by atoms with Gasteiger partial charge in [-0.2, -0.15) is 4.98 Å². The topological polar surface area (TPSA) is 38.1 Å². The third kappa shape index (κ3) is 2.86. The second kappa shape index (κ2) is 3.08. The average Bonchev–Trinajstić information content (AvgIpc) is 2.30. The summed E-state index contributed by atoms with van der Waals surface area (Å²) in [4.78, 5) is 3.80. The summed E-state index contributed by atoms with van der Waals surface area (Å²) in [6.45, 7) is 2.08. The molecule has 0 amide bonds. The quantitative estimate of drug-likeness (QED) is 0.765. The molecule has 5 heteroatoms. The Kier molecular flexibility index (Phi) is 2.30. The van der Waals surface area contributed by atoms with Crippen molar-refractivity contribution in [2.24, 2.45) is 0 Å². The van der Waals surface area contributed by atoms with Crippen LogP contribution in [0, 0.1) is 6.92 Å². The van der Waals surface area contributed by atoms with Crippen LogP contribution < -0.4 is 5.32 Å². The van der Waals surface area contributed by atoms with Crippen LogP contribution >= 0.6 is 0 Å². The number of halogens is 2. The number of nitrogens with zero attached hydrogens (tertiary/aromatic N) is 1. The van der Waals surface area contributed by atoms with Gasteiger partial charge in [-0.25, -0.2) is 8.78 Å². The first-order chi connectivity index (χ1) is 5.47. The lowest BCUT2D eigenvalue weighted by Gasteiger charge is -2.08. The molecule has 0 radical (unpaired) electrons. The molecule has 3 nitrogen and oxygen atoms in total. The van der Waals surface area contributed by atoms with Crippen molar-refractivity contribution >= 4 is 6.01 Å². The van der Waals surface area contributed by atoms with Crippen LogP contribution in [0.1, 0.15) is 12.6 Å². The van der Waals surface area contributed by atoms with E-state index in [9.17, 15) is 8.78 Å². The molecule has 1 aromatic rings. The number of aromatic nitrogens is 1. The van der Waals surface area contributed by atoms with Crippen LogP contribution in [-0.2, 0) is 0 Å². The third-order valence-electron chi connectivity index (χ3n) is 1.17. The molecule has 0 fully saturated rings. The molecule has 0 aliphatic heterocycles. The molecule has 0 aromatic carbocycles. The number of hydrogen-bond donors (Lipinski definition) is 1. The van der Waals surface area contributed by atoms with Crippen molar-refractivity contribution in [3.8, 4) is 0 Å². The van der Waals surface area contributed by atoms with Crippen LogP contribution in [0.15, 0.2) is 10.7 Å². The average molecular weight is 176 g/mol. The van der Waals surface area contributed by atoms with Gasteiger partial charge < -0.3 is 9.73 Å². The van der Waals surface area contributed by atoms with E-state index in [2.05, 4.69) is 10.3 Å². The van der Waals surface area contributed by atoms with E-state index in [0.29, 0.717) is 5.69 Å². The van der Waals surface area contributed by atoms with Gasteiger partial charge in [0.15, 0.2) is 0 Å². The van der Waals surface area contributed by atoms with E-state index in [1.807, 2.05) is 0 Å². The van der Waals surface area contributed by atoms with Gasteiger partial charge in [0, 0.05) is 6.92 Å². The minimum absolute atomic E-state index is 0.133. The summed E-state index contributed by atoms with van der Waals surface area (Å²) in [5, 5.41) is 2.38. The fourth-order valence-corrected chi connectivity index (χ4v) is 0.666. The molecule has 0 saturated heterocycles. The first-order valence-electron chi connectivity index (χ1n) is 3.51. The normalized spacial score (nSPS) is 11.7. The van der Waals surface area contributed by atoms with Gasteiger partial charge in [0.25, 0.3) is 11.9 Å². The number of anilines is 1. The van der Waals surface area contributed by atoms with Crippen molar-refractivity contribution in [2.45, 2.75) is 19.8 Å². The van der Waals surface area contributed by atoms with Gasteiger partial charge in [0.1, 0.15) is 6.26 Å². The Bertz CT molecular complexity index is 254. The summed E-state index contributed by atoms with van der Waals surface area (Å²) in [5.74, 6) is -2.75. The predicted octanol–water partition coefficient (Wildman–Crippen LogP) is 2.05. The number of nitrogens with one attached hydrogen (secondary N) is 1. The van der Waals surface area contributed by atoms with Crippen molar-refractivity contribution in [2.75, 3.05) is 11.9 Å². The Morgan fingerprint density at radius 1 is 1.67 bits per heavy atom. The zero-order valence-corrected chi connectivity index (χ0v) is 6.90. The molecular weight excluding hydrogens is 166 g/mol. The van der Waals surface area contributed by atoms with E-state index in [4.69, 9.17) is 4.42 Å². The highest BCUT2D eigenvalue weighted by atomic mass is 19.3. The maximum absolute atomic E-state index is 12.3. The van der Waals surface area contributed by atoms with Crippen LogP contribution in [0.5, 0.6) is 0 Å². The van der Waals surface area contributed by atoms with Gasteiger partial charge in [0.2, 0.25) is 0 Å². The molecule has 0 bridgehead atoms. The van der Waals surface area contributed by atoms with Crippen molar-refractivity contribution < 1.29 is 13.2 Å². The Balaban J connectivity index is 2.44. The fourth-order valence-electron chi connectivity index (χ4n) is 0.666. The van der Waals surface area contributed by atoms with Gasteiger partial charge in [-0.1, -0.05) is 0 Å². The maximum Gasteiger partial charge on any atom is 0.294 e. The molecule has 0 saturated carbocycles. The molecule has 68 valence electrons. The van der Waals surface area contributed by atoms with Crippen LogP contribution in [-0.4, -0.2) is 17.5 Å². The summed E-state index contributed by atoms with van der Waals surface area (Å²) in [5.41, 5.74) is 0.664. The summed E-state index contributed by atoms with van der Waals surface area (Å²) in [6.07, 6.45) is 1.40. The second-order valence-electron chi connectivity index (χ2n) is 2.72. The number of rotatable bonds is 3. The summed E-state index contributed by atoms with van der Waals surface area (Å²) >= 11 is 0. The number of oxazole rings is 1. The van der Waals surface area contributed by atoms with E-state index in [0.717, 1.165) is 6.92 Å². The van der Waals surface area contributed by atoms with Crippen LogP contribution in [0.2, 0.25) is 0 Å².